The van der Waals surface area contributed by atoms with Crippen molar-refractivity contribution in [1.82, 2.24) is 0 Å². The number of hydrogen-bond donors (Lipinski definition) is 3. The van der Waals surface area contributed by atoms with Crippen LogP contribution >= 0.6 is 0 Å². The summed E-state index contributed by atoms with van der Waals surface area (Å²) in [7, 11) is 0. The normalized spacial score (nSPS) is 48.1. The SMILES string of the molecule is C/C(C=O)=C\C[C@H]1C[C@@H]2O[C@@H]3C[C@@H]4O[C@H](CO)[C@@H](O)CC[C@H]4O[C@H]3[C@@H](O)C[C@H]2O1. The van der Waals surface area contributed by atoms with E-state index in [1.54, 1.807) is 6.92 Å². The van der Waals surface area contributed by atoms with Crippen molar-refractivity contribution in [2.24, 2.45) is 0 Å². The second-order valence-electron chi connectivity index (χ2n) is 8.77. The van der Waals surface area contributed by atoms with Gasteiger partial charge in [0.25, 0.3) is 0 Å². The van der Waals surface area contributed by atoms with Gasteiger partial charge in [0.1, 0.15) is 18.5 Å². The van der Waals surface area contributed by atoms with E-state index < -0.39 is 24.4 Å². The number of carbonyl (C=O) groups excluding carboxylic acids is 1. The van der Waals surface area contributed by atoms with Gasteiger partial charge in [-0.25, -0.2) is 0 Å². The number of hydrogen-bond acceptors (Lipinski definition) is 8. The highest BCUT2D eigenvalue weighted by Crippen LogP contribution is 2.40. The Kier molecular flexibility index (Phi) is 6.70. The van der Waals surface area contributed by atoms with Gasteiger partial charge in [0.15, 0.2) is 0 Å². The fourth-order valence-corrected chi connectivity index (χ4v) is 5.03. The van der Waals surface area contributed by atoms with Crippen LogP contribution in [0.4, 0.5) is 0 Å². The van der Waals surface area contributed by atoms with E-state index in [-0.39, 0.29) is 43.2 Å². The van der Waals surface area contributed by atoms with Crippen molar-refractivity contribution >= 4 is 6.29 Å². The molecule has 8 heteroatoms. The molecule has 10 atom stereocenters. The predicted molar refractivity (Wildman–Crippen MR) is 101 cm³/mol. The number of fused-ring (bicyclic) bond motifs is 3. The molecule has 0 amide bonds. The Hall–Kier alpha value is -0.870. The van der Waals surface area contributed by atoms with Crippen LogP contribution in [0.25, 0.3) is 0 Å². The molecule has 4 fully saturated rings. The zero-order valence-electron chi connectivity index (χ0n) is 16.8. The van der Waals surface area contributed by atoms with Gasteiger partial charge in [-0.05, 0) is 31.8 Å². The first-order valence-corrected chi connectivity index (χ1v) is 10.7. The molecule has 4 aliphatic rings. The van der Waals surface area contributed by atoms with E-state index in [0.29, 0.717) is 44.1 Å². The summed E-state index contributed by atoms with van der Waals surface area (Å²) in [6.07, 6.45) is 2.42. The van der Waals surface area contributed by atoms with Crippen molar-refractivity contribution in [2.45, 2.75) is 106 Å². The minimum atomic E-state index is -0.721. The molecule has 0 bridgehead atoms. The second kappa shape index (κ2) is 9.09. The molecule has 29 heavy (non-hydrogen) atoms. The van der Waals surface area contributed by atoms with Crippen molar-refractivity contribution in [3.63, 3.8) is 0 Å². The molecule has 0 aromatic rings. The lowest BCUT2D eigenvalue weighted by Crippen LogP contribution is -2.53. The molecule has 4 aliphatic heterocycles. The monoisotopic (exact) mass is 412 g/mol. The standard InChI is InChI=1S/C21H32O8/c1-11(9-22)2-3-12-6-16-17(26-12)7-14(25)21-19(27-16)8-18-15(29-21)5-4-13(24)20(10-23)28-18/h2,9,12-21,23-25H,3-8,10H2,1H3/b11-2+/t12-,13-,14-,15+,16-,17+,18-,19+,20+,21-/m0/s1. The molecule has 4 saturated heterocycles. The van der Waals surface area contributed by atoms with Crippen LogP contribution in [-0.4, -0.2) is 89.3 Å². The Balaban J connectivity index is 1.43. The van der Waals surface area contributed by atoms with E-state index in [0.717, 1.165) is 6.29 Å². The fourth-order valence-electron chi connectivity index (χ4n) is 5.03. The van der Waals surface area contributed by atoms with E-state index in [4.69, 9.17) is 18.9 Å². The largest absolute Gasteiger partial charge is 0.394 e. The minimum Gasteiger partial charge on any atom is -0.394 e. The third-order valence-electron chi connectivity index (χ3n) is 6.65. The number of carbonyl (C=O) groups is 1. The number of aliphatic hydroxyl groups excluding tert-OH is 3. The summed E-state index contributed by atoms with van der Waals surface area (Å²) in [5.41, 5.74) is 0.680. The molecule has 0 aromatic carbocycles. The van der Waals surface area contributed by atoms with Gasteiger partial charge in [-0.15, -0.1) is 0 Å². The van der Waals surface area contributed by atoms with Gasteiger partial charge in [0.2, 0.25) is 0 Å². The molecule has 8 nitrogen and oxygen atoms in total. The predicted octanol–water partition coefficient (Wildman–Crippen LogP) is 0.256. The first-order valence-electron chi connectivity index (χ1n) is 10.7. The van der Waals surface area contributed by atoms with Crippen molar-refractivity contribution in [2.75, 3.05) is 6.61 Å². The van der Waals surface area contributed by atoms with Gasteiger partial charge < -0.3 is 34.3 Å². The van der Waals surface area contributed by atoms with Crippen LogP contribution in [0.2, 0.25) is 0 Å². The highest BCUT2D eigenvalue weighted by atomic mass is 16.6. The highest BCUT2D eigenvalue weighted by molar-refractivity contribution is 5.71. The maximum absolute atomic E-state index is 10.8. The molecular weight excluding hydrogens is 380 g/mol. The summed E-state index contributed by atoms with van der Waals surface area (Å²) < 4.78 is 24.6. The number of aldehydes is 1. The maximum Gasteiger partial charge on any atom is 0.145 e. The zero-order chi connectivity index (χ0) is 20.5. The van der Waals surface area contributed by atoms with Gasteiger partial charge in [-0.1, -0.05) is 6.08 Å². The molecule has 0 unspecified atom stereocenters. The number of allylic oxidation sites excluding steroid dienone is 1. The number of aliphatic hydroxyl groups is 3. The summed E-state index contributed by atoms with van der Waals surface area (Å²) in [5, 5.41) is 30.5. The Bertz CT molecular complexity index is 609. The van der Waals surface area contributed by atoms with Crippen LogP contribution in [-0.2, 0) is 23.7 Å². The van der Waals surface area contributed by atoms with Crippen LogP contribution in [0.3, 0.4) is 0 Å². The molecule has 0 aromatic heterocycles. The quantitative estimate of drug-likeness (QED) is 0.445. The van der Waals surface area contributed by atoms with E-state index in [1.165, 1.54) is 0 Å². The maximum atomic E-state index is 10.8. The Morgan fingerprint density at radius 1 is 0.897 bits per heavy atom. The molecule has 0 saturated carbocycles. The first-order chi connectivity index (χ1) is 14.0. The molecular formula is C21H32O8. The number of ether oxygens (including phenoxy) is 4. The third kappa shape index (κ3) is 4.58. The minimum absolute atomic E-state index is 0.0380. The second-order valence-corrected chi connectivity index (χ2v) is 8.77. The van der Waals surface area contributed by atoms with Crippen LogP contribution in [0.15, 0.2) is 11.6 Å². The lowest BCUT2D eigenvalue weighted by atomic mass is 9.92. The van der Waals surface area contributed by atoms with Crippen LogP contribution in [0, 0.1) is 0 Å². The summed E-state index contributed by atoms with van der Waals surface area (Å²) >= 11 is 0. The zero-order valence-corrected chi connectivity index (χ0v) is 16.8. The Morgan fingerprint density at radius 2 is 1.66 bits per heavy atom. The Labute approximate surface area is 170 Å². The van der Waals surface area contributed by atoms with Gasteiger partial charge in [-0.2, -0.15) is 0 Å². The van der Waals surface area contributed by atoms with E-state index >= 15 is 0 Å². The molecule has 164 valence electrons. The topological polar surface area (TPSA) is 115 Å². The lowest BCUT2D eigenvalue weighted by Gasteiger charge is -2.42. The molecule has 0 spiro atoms. The molecule has 4 rings (SSSR count). The summed E-state index contributed by atoms with van der Waals surface area (Å²) in [6, 6.07) is 0. The van der Waals surface area contributed by atoms with Gasteiger partial charge in [-0.3, -0.25) is 4.79 Å². The van der Waals surface area contributed by atoms with Crippen LogP contribution in [0.5, 0.6) is 0 Å². The van der Waals surface area contributed by atoms with E-state index in [2.05, 4.69) is 0 Å². The summed E-state index contributed by atoms with van der Waals surface area (Å²) in [6.45, 7) is 1.53. The van der Waals surface area contributed by atoms with E-state index in [1.807, 2.05) is 6.08 Å². The summed E-state index contributed by atoms with van der Waals surface area (Å²) in [5.74, 6) is 0. The summed E-state index contributed by atoms with van der Waals surface area (Å²) in [4.78, 5) is 10.8. The van der Waals surface area contributed by atoms with Crippen molar-refractivity contribution in [3.05, 3.63) is 11.6 Å². The Morgan fingerprint density at radius 3 is 2.41 bits per heavy atom. The van der Waals surface area contributed by atoms with Crippen molar-refractivity contribution in [1.29, 1.82) is 0 Å². The van der Waals surface area contributed by atoms with E-state index in [9.17, 15) is 20.1 Å². The first kappa shape index (κ1) is 21.4. The van der Waals surface area contributed by atoms with Crippen LogP contribution in [0.1, 0.15) is 45.4 Å². The lowest BCUT2D eigenvalue weighted by molar-refractivity contribution is -0.229. The third-order valence-corrected chi connectivity index (χ3v) is 6.65. The van der Waals surface area contributed by atoms with Gasteiger partial charge >= 0.3 is 0 Å². The van der Waals surface area contributed by atoms with Gasteiger partial charge in [0, 0.05) is 19.3 Å². The molecule has 3 N–H and O–H groups in total. The molecule has 0 aliphatic carbocycles. The molecule has 0 radical (unpaired) electrons. The van der Waals surface area contributed by atoms with Crippen molar-refractivity contribution < 1.29 is 39.1 Å². The van der Waals surface area contributed by atoms with Crippen LogP contribution < -0.4 is 0 Å². The van der Waals surface area contributed by atoms with Crippen molar-refractivity contribution in [3.8, 4) is 0 Å². The average molecular weight is 412 g/mol. The smallest absolute Gasteiger partial charge is 0.145 e. The fraction of sp³-hybridized carbons (Fsp3) is 0.857. The van der Waals surface area contributed by atoms with Gasteiger partial charge in [0.05, 0.1) is 55.4 Å². The molecule has 4 heterocycles. The average Bonchev–Trinajstić information content (AvgIpc) is 2.94. The highest BCUT2D eigenvalue weighted by Gasteiger charge is 2.51. The number of rotatable bonds is 4.